The summed E-state index contributed by atoms with van der Waals surface area (Å²) in [6.45, 7) is 1.01. The summed E-state index contributed by atoms with van der Waals surface area (Å²) in [6, 6.07) is 0. The van der Waals surface area contributed by atoms with Crippen LogP contribution < -0.4 is 0 Å². The summed E-state index contributed by atoms with van der Waals surface area (Å²) >= 11 is 0. The van der Waals surface area contributed by atoms with Crippen molar-refractivity contribution in [3.63, 3.8) is 0 Å². The number of piperidine rings is 1. The van der Waals surface area contributed by atoms with Crippen molar-refractivity contribution < 1.29 is 19.8 Å². The van der Waals surface area contributed by atoms with E-state index in [9.17, 15) is 19.8 Å². The number of aliphatic hydroxyl groups excluding tert-OH is 1. The topological polar surface area (TPSA) is 77.8 Å². The van der Waals surface area contributed by atoms with E-state index in [0.29, 0.717) is 25.9 Å². The number of amides is 1. The van der Waals surface area contributed by atoms with Crippen LogP contribution in [0.25, 0.3) is 0 Å². The van der Waals surface area contributed by atoms with Crippen molar-refractivity contribution in [1.29, 1.82) is 0 Å². The van der Waals surface area contributed by atoms with E-state index in [1.165, 1.54) is 0 Å². The van der Waals surface area contributed by atoms with Crippen molar-refractivity contribution in [1.82, 2.24) is 4.90 Å². The zero-order valence-electron chi connectivity index (χ0n) is 10.5. The van der Waals surface area contributed by atoms with Crippen molar-refractivity contribution in [2.75, 3.05) is 13.1 Å². The molecule has 1 saturated carbocycles. The number of hydrogen-bond donors (Lipinski definition) is 2. The van der Waals surface area contributed by atoms with Gasteiger partial charge < -0.3 is 15.1 Å². The molecule has 2 fully saturated rings. The van der Waals surface area contributed by atoms with Crippen LogP contribution in [0.2, 0.25) is 0 Å². The Morgan fingerprint density at radius 1 is 1.00 bits per heavy atom. The highest BCUT2D eigenvalue weighted by atomic mass is 16.4. The van der Waals surface area contributed by atoms with E-state index >= 15 is 0 Å². The van der Waals surface area contributed by atoms with Crippen LogP contribution in [-0.4, -0.2) is 46.2 Å². The molecule has 0 aromatic rings. The van der Waals surface area contributed by atoms with E-state index in [0.717, 1.165) is 25.7 Å². The van der Waals surface area contributed by atoms with Crippen molar-refractivity contribution in [3.8, 4) is 0 Å². The molecule has 0 radical (unpaired) electrons. The fraction of sp³-hybridized carbons (Fsp3) is 0.846. The number of aliphatic hydroxyl groups is 1. The van der Waals surface area contributed by atoms with Gasteiger partial charge in [-0.2, -0.15) is 0 Å². The van der Waals surface area contributed by atoms with E-state index in [1.807, 2.05) is 0 Å². The summed E-state index contributed by atoms with van der Waals surface area (Å²) in [5, 5.41) is 18.8. The first-order chi connectivity index (χ1) is 8.59. The van der Waals surface area contributed by atoms with Gasteiger partial charge in [0.05, 0.1) is 17.9 Å². The number of aliphatic carboxylic acids is 1. The fourth-order valence-electron chi connectivity index (χ4n) is 3.11. The van der Waals surface area contributed by atoms with E-state index in [1.54, 1.807) is 4.90 Å². The van der Waals surface area contributed by atoms with Crippen molar-refractivity contribution in [2.45, 2.75) is 44.6 Å². The number of hydrogen-bond acceptors (Lipinski definition) is 3. The Hall–Kier alpha value is -1.10. The molecule has 3 atom stereocenters. The molecule has 5 nitrogen and oxygen atoms in total. The molecule has 0 bridgehead atoms. The molecule has 1 amide bonds. The molecule has 1 aliphatic carbocycles. The number of carboxylic acid groups (broad SMARTS) is 1. The molecule has 1 aliphatic heterocycles. The number of carboxylic acids is 1. The normalized spacial score (nSPS) is 33.2. The minimum atomic E-state index is -0.856. The van der Waals surface area contributed by atoms with E-state index in [4.69, 9.17) is 0 Å². The lowest BCUT2D eigenvalue weighted by atomic mass is 9.78. The fourth-order valence-corrected chi connectivity index (χ4v) is 3.11. The summed E-state index contributed by atoms with van der Waals surface area (Å²) in [5.41, 5.74) is 0. The molecular formula is C13H21NO4. The number of nitrogens with zero attached hydrogens (tertiary/aromatic N) is 1. The number of carbonyl (C=O) groups is 2. The third kappa shape index (κ3) is 2.83. The average molecular weight is 255 g/mol. The van der Waals surface area contributed by atoms with Gasteiger partial charge in [0.2, 0.25) is 5.91 Å². The van der Waals surface area contributed by atoms with E-state index < -0.39 is 18.0 Å². The Kier molecular flexibility index (Phi) is 4.22. The Balaban J connectivity index is 2.03. The molecule has 1 saturated heterocycles. The summed E-state index contributed by atoms with van der Waals surface area (Å²) in [5.74, 6) is -1.85. The van der Waals surface area contributed by atoms with Crippen molar-refractivity contribution >= 4 is 11.9 Å². The zero-order chi connectivity index (χ0) is 13.1. The summed E-state index contributed by atoms with van der Waals surface area (Å²) in [6.07, 6.45) is 4.17. The largest absolute Gasteiger partial charge is 0.481 e. The second-order valence-electron chi connectivity index (χ2n) is 5.42. The van der Waals surface area contributed by atoms with Gasteiger partial charge in [-0.25, -0.2) is 0 Å². The lowest BCUT2D eigenvalue weighted by Crippen LogP contribution is -2.48. The molecule has 2 N–H and O–H groups in total. The second-order valence-corrected chi connectivity index (χ2v) is 5.42. The van der Waals surface area contributed by atoms with Crippen molar-refractivity contribution in [2.24, 2.45) is 11.8 Å². The van der Waals surface area contributed by atoms with Gasteiger partial charge in [-0.15, -0.1) is 0 Å². The van der Waals surface area contributed by atoms with Gasteiger partial charge >= 0.3 is 5.97 Å². The van der Waals surface area contributed by atoms with E-state index in [-0.39, 0.29) is 11.8 Å². The molecule has 2 rings (SSSR count). The summed E-state index contributed by atoms with van der Waals surface area (Å²) in [4.78, 5) is 25.2. The predicted octanol–water partition coefficient (Wildman–Crippen LogP) is 0.861. The maximum Gasteiger partial charge on any atom is 0.307 e. The van der Waals surface area contributed by atoms with Gasteiger partial charge in [0.15, 0.2) is 0 Å². The van der Waals surface area contributed by atoms with Gasteiger partial charge in [0, 0.05) is 13.1 Å². The average Bonchev–Trinajstić information content (AvgIpc) is 2.38. The Labute approximate surface area is 107 Å². The van der Waals surface area contributed by atoms with Gasteiger partial charge in [0.25, 0.3) is 0 Å². The molecule has 5 heteroatoms. The van der Waals surface area contributed by atoms with Crippen LogP contribution in [0.1, 0.15) is 38.5 Å². The van der Waals surface area contributed by atoms with Crippen LogP contribution in [0, 0.1) is 11.8 Å². The Morgan fingerprint density at radius 2 is 1.67 bits per heavy atom. The van der Waals surface area contributed by atoms with Gasteiger partial charge in [-0.1, -0.05) is 12.8 Å². The highest BCUT2D eigenvalue weighted by Crippen LogP contribution is 2.32. The molecule has 2 aliphatic rings. The number of rotatable bonds is 2. The maximum atomic E-state index is 12.4. The highest BCUT2D eigenvalue weighted by Gasteiger charge is 2.38. The Morgan fingerprint density at radius 3 is 2.28 bits per heavy atom. The van der Waals surface area contributed by atoms with Crippen LogP contribution in [0.5, 0.6) is 0 Å². The van der Waals surface area contributed by atoms with Crippen LogP contribution >= 0.6 is 0 Å². The van der Waals surface area contributed by atoms with Gasteiger partial charge in [-0.05, 0) is 25.7 Å². The van der Waals surface area contributed by atoms with Crippen LogP contribution in [0.3, 0.4) is 0 Å². The highest BCUT2D eigenvalue weighted by molar-refractivity contribution is 5.85. The first-order valence-electron chi connectivity index (χ1n) is 6.79. The molecule has 0 aromatic carbocycles. The van der Waals surface area contributed by atoms with Gasteiger partial charge in [0.1, 0.15) is 0 Å². The van der Waals surface area contributed by atoms with Crippen LogP contribution in [0.4, 0.5) is 0 Å². The summed E-state index contributed by atoms with van der Waals surface area (Å²) < 4.78 is 0. The minimum Gasteiger partial charge on any atom is -0.481 e. The van der Waals surface area contributed by atoms with Gasteiger partial charge in [-0.3, -0.25) is 9.59 Å². The third-order valence-electron chi connectivity index (χ3n) is 4.11. The molecule has 0 unspecified atom stereocenters. The van der Waals surface area contributed by atoms with Crippen LogP contribution in [0.15, 0.2) is 0 Å². The maximum absolute atomic E-state index is 12.4. The van der Waals surface area contributed by atoms with Crippen molar-refractivity contribution in [3.05, 3.63) is 0 Å². The lowest BCUT2D eigenvalue weighted by Gasteiger charge is -2.36. The molecule has 1 heterocycles. The minimum absolute atomic E-state index is 0.0687. The number of carbonyl (C=O) groups excluding carboxylic acids is 1. The number of β-amino-alcohol motifs (C(OH)–C–C–N with tert-alkyl or cyclic N) is 1. The zero-order valence-corrected chi connectivity index (χ0v) is 10.5. The van der Waals surface area contributed by atoms with Crippen LogP contribution in [-0.2, 0) is 9.59 Å². The Bertz CT molecular complexity index is 331. The predicted molar refractivity (Wildman–Crippen MR) is 64.9 cm³/mol. The monoisotopic (exact) mass is 255 g/mol. The van der Waals surface area contributed by atoms with E-state index in [2.05, 4.69) is 0 Å². The molecule has 102 valence electrons. The number of likely N-dealkylation sites (tertiary alicyclic amines) is 1. The summed E-state index contributed by atoms with van der Waals surface area (Å²) in [7, 11) is 0. The first kappa shape index (κ1) is 13.3. The second kappa shape index (κ2) is 5.69. The first-order valence-corrected chi connectivity index (χ1v) is 6.79. The standard InChI is InChI=1S/C13H21NO4/c15-9-4-3-7-14(8-9)12(16)10-5-1-2-6-11(10)13(17)18/h9-11,15H,1-8H2,(H,17,18)/t9-,10+,11-/m0/s1. The molecule has 0 aromatic heterocycles. The molecule has 0 spiro atoms. The smallest absolute Gasteiger partial charge is 0.307 e. The SMILES string of the molecule is O=C(O)[C@H]1CCCC[C@H]1C(=O)N1CCC[C@H](O)C1. The quantitative estimate of drug-likeness (QED) is 0.767. The third-order valence-corrected chi connectivity index (χ3v) is 4.11. The lowest BCUT2D eigenvalue weighted by molar-refractivity contribution is -0.153. The molecule has 18 heavy (non-hydrogen) atoms. The molecular weight excluding hydrogens is 234 g/mol.